The molecule has 0 N–H and O–H groups in total. The molecule has 5 nitrogen and oxygen atoms in total. The number of carbonyl (C=O) groups is 2. The van der Waals surface area contributed by atoms with Crippen molar-refractivity contribution >= 4 is 11.9 Å². The van der Waals surface area contributed by atoms with Gasteiger partial charge >= 0.3 is 11.9 Å². The van der Waals surface area contributed by atoms with E-state index in [0.29, 0.717) is 44.5 Å². The molecule has 2 saturated carbocycles. The van der Waals surface area contributed by atoms with Crippen molar-refractivity contribution in [3.8, 4) is 0 Å². The molecule has 0 radical (unpaired) electrons. The summed E-state index contributed by atoms with van der Waals surface area (Å²) in [7, 11) is 0. The van der Waals surface area contributed by atoms with E-state index in [0.717, 1.165) is 0 Å². The lowest BCUT2D eigenvalue weighted by atomic mass is 9.66. The molecule has 5 heteroatoms. The Morgan fingerprint density at radius 2 is 1.54 bits per heavy atom. The highest BCUT2D eigenvalue weighted by atomic mass is 16.6. The molecule has 1 saturated heterocycles. The Labute approximate surface area is 211 Å². The smallest absolute Gasteiger partial charge is 0.351 e. The molecule has 3 fully saturated rings. The van der Waals surface area contributed by atoms with Crippen LogP contribution in [0.3, 0.4) is 0 Å². The second-order valence-corrected chi connectivity index (χ2v) is 12.6. The Bertz CT molecular complexity index is 984. The van der Waals surface area contributed by atoms with Gasteiger partial charge in [0.1, 0.15) is 0 Å². The lowest BCUT2D eigenvalue weighted by molar-refractivity contribution is -0.183. The molecule has 0 amide bonds. The molecule has 1 heterocycles. The third kappa shape index (κ3) is 3.67. The standard InChI is InChI=1S/C30H44O5/c1-10-33-16-23-24(29(23,9)22-14-20(18(2)3)13-21(15-22)19(4)5)17-34-26(32)30-12-11-28(8,25(31)35-30)27(30,6)7/h13-15,18-19,23-24H,10-12,16-17H2,1-9H3. The minimum atomic E-state index is -1.18. The van der Waals surface area contributed by atoms with Gasteiger partial charge in [-0.05, 0) is 61.1 Å². The molecule has 2 aliphatic carbocycles. The number of carbonyl (C=O) groups excluding carboxylic acids is 2. The van der Waals surface area contributed by atoms with E-state index in [4.69, 9.17) is 14.2 Å². The van der Waals surface area contributed by atoms with Gasteiger partial charge in [-0.15, -0.1) is 0 Å². The summed E-state index contributed by atoms with van der Waals surface area (Å²) in [6.07, 6.45) is 1.18. The molecule has 5 unspecified atom stereocenters. The van der Waals surface area contributed by atoms with Crippen molar-refractivity contribution in [1.82, 2.24) is 0 Å². The Morgan fingerprint density at radius 3 is 2.00 bits per heavy atom. The van der Waals surface area contributed by atoms with Crippen LogP contribution in [0, 0.1) is 22.7 Å². The van der Waals surface area contributed by atoms with Crippen molar-refractivity contribution < 1.29 is 23.8 Å². The molecule has 194 valence electrons. The van der Waals surface area contributed by atoms with Gasteiger partial charge in [0.15, 0.2) is 0 Å². The van der Waals surface area contributed by atoms with Crippen LogP contribution in [0.1, 0.15) is 104 Å². The van der Waals surface area contributed by atoms with E-state index < -0.39 is 16.4 Å². The van der Waals surface area contributed by atoms with Gasteiger partial charge in [-0.25, -0.2) is 4.79 Å². The quantitative estimate of drug-likeness (QED) is 0.394. The summed E-state index contributed by atoms with van der Waals surface area (Å²) in [6, 6.07) is 6.99. The van der Waals surface area contributed by atoms with Crippen LogP contribution in [-0.2, 0) is 29.2 Å². The zero-order chi connectivity index (χ0) is 26.0. The largest absolute Gasteiger partial charge is 0.462 e. The van der Waals surface area contributed by atoms with Crippen LogP contribution in [0.4, 0.5) is 0 Å². The van der Waals surface area contributed by atoms with Crippen LogP contribution in [0.15, 0.2) is 18.2 Å². The van der Waals surface area contributed by atoms with Gasteiger partial charge in [0.2, 0.25) is 5.60 Å². The second-order valence-electron chi connectivity index (χ2n) is 12.6. The summed E-state index contributed by atoms with van der Waals surface area (Å²) in [4.78, 5) is 26.1. The zero-order valence-electron chi connectivity index (χ0n) is 23.1. The van der Waals surface area contributed by atoms with Crippen molar-refractivity contribution in [1.29, 1.82) is 0 Å². The van der Waals surface area contributed by atoms with Crippen LogP contribution in [-0.4, -0.2) is 37.4 Å². The lowest BCUT2D eigenvalue weighted by Crippen LogP contribution is -2.49. The van der Waals surface area contributed by atoms with Gasteiger partial charge in [0, 0.05) is 23.4 Å². The Kier molecular flexibility index (Phi) is 6.44. The third-order valence-electron chi connectivity index (χ3n) is 10.2. The average Bonchev–Trinajstić information content (AvgIpc) is 3.27. The molecule has 1 aliphatic heterocycles. The van der Waals surface area contributed by atoms with E-state index in [-0.39, 0.29) is 29.2 Å². The van der Waals surface area contributed by atoms with Crippen LogP contribution in [0.25, 0.3) is 0 Å². The first-order chi connectivity index (χ1) is 16.3. The van der Waals surface area contributed by atoms with E-state index >= 15 is 0 Å². The number of fused-ring (bicyclic) bond motifs is 2. The lowest BCUT2D eigenvalue weighted by Gasteiger charge is -2.34. The number of hydrogen-bond donors (Lipinski definition) is 0. The molecule has 4 rings (SSSR count). The molecular weight excluding hydrogens is 440 g/mol. The predicted molar refractivity (Wildman–Crippen MR) is 136 cm³/mol. The highest BCUT2D eigenvalue weighted by molar-refractivity contribution is 5.93. The van der Waals surface area contributed by atoms with Crippen molar-refractivity contribution in [2.24, 2.45) is 22.7 Å². The zero-order valence-corrected chi connectivity index (χ0v) is 23.1. The second kappa shape index (κ2) is 8.61. The van der Waals surface area contributed by atoms with Crippen LogP contribution < -0.4 is 0 Å². The highest BCUT2D eigenvalue weighted by Gasteiger charge is 2.76. The summed E-state index contributed by atoms with van der Waals surface area (Å²) in [5.74, 6) is 0.633. The number of esters is 2. The van der Waals surface area contributed by atoms with Crippen LogP contribution in [0.2, 0.25) is 0 Å². The Balaban J connectivity index is 1.58. The van der Waals surface area contributed by atoms with E-state index in [1.165, 1.54) is 16.7 Å². The first-order valence-electron chi connectivity index (χ1n) is 13.4. The SMILES string of the molecule is CCOCC1C(COC(=O)C23CCC(C)(C(=O)O2)C3(C)C)C1(C)c1cc(C(C)C)cc(C(C)C)c1. The number of hydrogen-bond acceptors (Lipinski definition) is 5. The third-order valence-corrected chi connectivity index (χ3v) is 10.2. The van der Waals surface area contributed by atoms with Gasteiger partial charge < -0.3 is 14.2 Å². The summed E-state index contributed by atoms with van der Waals surface area (Å²) in [5, 5.41) is 0. The molecule has 0 spiro atoms. The average molecular weight is 485 g/mol. The van der Waals surface area contributed by atoms with Gasteiger partial charge in [-0.1, -0.05) is 66.7 Å². The molecular formula is C30H44O5. The normalized spacial score (nSPS) is 35.0. The van der Waals surface area contributed by atoms with Gasteiger partial charge in [0.05, 0.1) is 18.6 Å². The minimum absolute atomic E-state index is 0.131. The van der Waals surface area contributed by atoms with Crippen LogP contribution >= 0.6 is 0 Å². The maximum atomic E-state index is 13.5. The summed E-state index contributed by atoms with van der Waals surface area (Å²) < 4.78 is 17.6. The predicted octanol–water partition coefficient (Wildman–Crippen LogP) is 6.14. The number of benzene rings is 1. The van der Waals surface area contributed by atoms with E-state index in [9.17, 15) is 9.59 Å². The molecule has 0 aromatic heterocycles. The summed E-state index contributed by atoms with van der Waals surface area (Å²) in [6.45, 7) is 20.7. The molecule has 2 bridgehead atoms. The molecule has 5 atom stereocenters. The van der Waals surface area contributed by atoms with E-state index in [1.807, 2.05) is 27.7 Å². The first kappa shape index (κ1) is 26.2. The number of rotatable bonds is 9. The first-order valence-corrected chi connectivity index (χ1v) is 13.4. The molecule has 35 heavy (non-hydrogen) atoms. The van der Waals surface area contributed by atoms with Gasteiger partial charge in [-0.3, -0.25) is 4.79 Å². The highest BCUT2D eigenvalue weighted by Crippen LogP contribution is 2.66. The van der Waals surface area contributed by atoms with E-state index in [2.05, 4.69) is 52.8 Å². The summed E-state index contributed by atoms with van der Waals surface area (Å²) in [5.41, 5.74) is 1.45. The van der Waals surface area contributed by atoms with E-state index in [1.54, 1.807) is 0 Å². The molecule has 1 aromatic rings. The maximum absolute atomic E-state index is 13.5. The minimum Gasteiger partial charge on any atom is -0.462 e. The molecule has 1 aromatic carbocycles. The summed E-state index contributed by atoms with van der Waals surface area (Å²) >= 11 is 0. The fraction of sp³-hybridized carbons (Fsp3) is 0.733. The van der Waals surface area contributed by atoms with Gasteiger partial charge in [0.25, 0.3) is 0 Å². The Morgan fingerprint density at radius 1 is 0.971 bits per heavy atom. The fourth-order valence-corrected chi connectivity index (χ4v) is 6.59. The molecule has 3 aliphatic rings. The Hall–Kier alpha value is -1.88. The van der Waals surface area contributed by atoms with Crippen molar-refractivity contribution in [3.05, 3.63) is 34.9 Å². The van der Waals surface area contributed by atoms with Crippen LogP contribution in [0.5, 0.6) is 0 Å². The van der Waals surface area contributed by atoms with Crippen molar-refractivity contribution in [3.63, 3.8) is 0 Å². The maximum Gasteiger partial charge on any atom is 0.351 e. The van der Waals surface area contributed by atoms with Crippen molar-refractivity contribution in [2.45, 2.75) is 98.0 Å². The fourth-order valence-electron chi connectivity index (χ4n) is 6.59. The van der Waals surface area contributed by atoms with Gasteiger partial charge in [-0.2, -0.15) is 0 Å². The van der Waals surface area contributed by atoms with Crippen molar-refractivity contribution in [2.75, 3.05) is 19.8 Å². The monoisotopic (exact) mass is 484 g/mol. The number of ether oxygens (including phenoxy) is 3. The topological polar surface area (TPSA) is 61.8 Å².